The summed E-state index contributed by atoms with van der Waals surface area (Å²) in [6.45, 7) is 4.03. The van der Waals surface area contributed by atoms with Crippen molar-refractivity contribution in [3.05, 3.63) is 35.9 Å². The molecule has 4 heteroatoms. The lowest BCUT2D eigenvalue weighted by Crippen LogP contribution is -2.36. The Morgan fingerprint density at radius 2 is 2.00 bits per heavy atom. The molecule has 106 valence electrons. The van der Waals surface area contributed by atoms with Gasteiger partial charge in [-0.3, -0.25) is 4.90 Å². The molecule has 3 nitrogen and oxygen atoms in total. The maximum absolute atomic E-state index is 11.6. The summed E-state index contributed by atoms with van der Waals surface area (Å²) in [6.07, 6.45) is 3.06. The molecule has 1 saturated heterocycles. The maximum atomic E-state index is 11.6. The molecule has 1 atom stereocenters. The molecule has 0 aliphatic carbocycles. The number of hydrogen-bond donors (Lipinski definition) is 0. The number of sulfone groups is 1. The zero-order valence-corrected chi connectivity index (χ0v) is 12.4. The lowest BCUT2D eigenvalue weighted by molar-refractivity contribution is 0.200. The number of unbranched alkanes of at least 4 members (excludes halogenated alkanes) is 1. The van der Waals surface area contributed by atoms with Crippen LogP contribution in [0, 0.1) is 0 Å². The minimum atomic E-state index is -2.80. The molecule has 0 bridgehead atoms. The maximum Gasteiger partial charge on any atom is 0.151 e. The SMILES string of the molecule is CCCCN(Cc1ccccc1)[C@@H]1CCS(=O)(=O)C1. The molecule has 0 N–H and O–H groups in total. The number of benzene rings is 1. The van der Waals surface area contributed by atoms with Crippen LogP contribution in [0.5, 0.6) is 0 Å². The van der Waals surface area contributed by atoms with Crippen LogP contribution in [0.2, 0.25) is 0 Å². The van der Waals surface area contributed by atoms with Gasteiger partial charge in [0.25, 0.3) is 0 Å². The smallest absolute Gasteiger partial charge is 0.151 e. The highest BCUT2D eigenvalue weighted by atomic mass is 32.2. The van der Waals surface area contributed by atoms with E-state index in [0.29, 0.717) is 11.5 Å². The fraction of sp³-hybridized carbons (Fsp3) is 0.600. The van der Waals surface area contributed by atoms with Crippen molar-refractivity contribution in [2.24, 2.45) is 0 Å². The minimum Gasteiger partial charge on any atom is -0.295 e. The minimum absolute atomic E-state index is 0.205. The van der Waals surface area contributed by atoms with E-state index < -0.39 is 9.84 Å². The average Bonchev–Trinajstić information content (AvgIpc) is 2.76. The third kappa shape index (κ3) is 4.32. The van der Waals surface area contributed by atoms with Gasteiger partial charge in [-0.05, 0) is 24.9 Å². The first-order valence-electron chi connectivity index (χ1n) is 7.09. The van der Waals surface area contributed by atoms with Gasteiger partial charge in [0, 0.05) is 12.6 Å². The summed E-state index contributed by atoms with van der Waals surface area (Å²) in [6, 6.07) is 10.5. The summed E-state index contributed by atoms with van der Waals surface area (Å²) in [4.78, 5) is 2.35. The Hall–Kier alpha value is -0.870. The van der Waals surface area contributed by atoms with Crippen LogP contribution < -0.4 is 0 Å². The molecular weight excluding hydrogens is 258 g/mol. The van der Waals surface area contributed by atoms with E-state index in [1.165, 1.54) is 5.56 Å². The lowest BCUT2D eigenvalue weighted by Gasteiger charge is -2.28. The van der Waals surface area contributed by atoms with Crippen LogP contribution in [0.15, 0.2) is 30.3 Å². The van der Waals surface area contributed by atoms with Gasteiger partial charge in [-0.2, -0.15) is 0 Å². The number of hydrogen-bond acceptors (Lipinski definition) is 3. The van der Waals surface area contributed by atoms with Crippen molar-refractivity contribution in [3.63, 3.8) is 0 Å². The van der Waals surface area contributed by atoms with Gasteiger partial charge >= 0.3 is 0 Å². The van der Waals surface area contributed by atoms with Crippen molar-refractivity contribution in [2.75, 3.05) is 18.1 Å². The number of nitrogens with zero attached hydrogens (tertiary/aromatic N) is 1. The molecule has 1 fully saturated rings. The van der Waals surface area contributed by atoms with Crippen LogP contribution in [-0.2, 0) is 16.4 Å². The molecule has 0 amide bonds. The average molecular weight is 281 g/mol. The highest BCUT2D eigenvalue weighted by Gasteiger charge is 2.31. The first-order chi connectivity index (χ1) is 9.11. The quantitative estimate of drug-likeness (QED) is 0.804. The molecule has 2 rings (SSSR count). The second-order valence-electron chi connectivity index (χ2n) is 5.37. The lowest BCUT2D eigenvalue weighted by atomic mass is 10.1. The van der Waals surface area contributed by atoms with Gasteiger partial charge in [0.05, 0.1) is 11.5 Å². The first kappa shape index (κ1) is 14.5. The molecule has 1 heterocycles. The molecule has 0 unspecified atom stereocenters. The summed E-state index contributed by atoms with van der Waals surface area (Å²) >= 11 is 0. The van der Waals surface area contributed by atoms with Crippen molar-refractivity contribution in [1.29, 1.82) is 0 Å². The summed E-state index contributed by atoms with van der Waals surface area (Å²) in [5.74, 6) is 0.693. The molecule has 19 heavy (non-hydrogen) atoms. The van der Waals surface area contributed by atoms with Crippen molar-refractivity contribution >= 4 is 9.84 Å². The molecule has 0 aromatic heterocycles. The summed E-state index contributed by atoms with van der Waals surface area (Å²) in [7, 11) is -2.80. The Labute approximate surface area is 116 Å². The van der Waals surface area contributed by atoms with E-state index in [0.717, 1.165) is 32.4 Å². The molecule has 0 radical (unpaired) electrons. The topological polar surface area (TPSA) is 37.4 Å². The molecular formula is C15H23NO2S. The third-order valence-electron chi connectivity index (χ3n) is 3.75. The van der Waals surface area contributed by atoms with Crippen molar-refractivity contribution in [1.82, 2.24) is 4.90 Å². The van der Waals surface area contributed by atoms with E-state index in [2.05, 4.69) is 24.0 Å². The van der Waals surface area contributed by atoms with Gasteiger partial charge in [-0.15, -0.1) is 0 Å². The Morgan fingerprint density at radius 1 is 1.26 bits per heavy atom. The molecule has 0 spiro atoms. The van der Waals surface area contributed by atoms with Crippen LogP contribution in [0.3, 0.4) is 0 Å². The van der Waals surface area contributed by atoms with E-state index in [4.69, 9.17) is 0 Å². The van der Waals surface area contributed by atoms with E-state index in [9.17, 15) is 8.42 Å². The van der Waals surface area contributed by atoms with E-state index >= 15 is 0 Å². The molecule has 1 aliphatic heterocycles. The highest BCUT2D eigenvalue weighted by molar-refractivity contribution is 7.91. The van der Waals surface area contributed by atoms with E-state index in [-0.39, 0.29) is 6.04 Å². The van der Waals surface area contributed by atoms with Crippen LogP contribution >= 0.6 is 0 Å². The first-order valence-corrected chi connectivity index (χ1v) is 8.91. The van der Waals surface area contributed by atoms with Crippen LogP contribution in [0.4, 0.5) is 0 Å². The van der Waals surface area contributed by atoms with Crippen molar-refractivity contribution in [2.45, 2.75) is 38.8 Å². The molecule has 1 aliphatic rings. The van der Waals surface area contributed by atoms with Gasteiger partial charge in [0.2, 0.25) is 0 Å². The molecule has 1 aromatic carbocycles. The Morgan fingerprint density at radius 3 is 2.58 bits per heavy atom. The van der Waals surface area contributed by atoms with Crippen molar-refractivity contribution < 1.29 is 8.42 Å². The zero-order valence-electron chi connectivity index (χ0n) is 11.6. The van der Waals surface area contributed by atoms with Gasteiger partial charge in [0.1, 0.15) is 0 Å². The Balaban J connectivity index is 2.04. The van der Waals surface area contributed by atoms with Crippen LogP contribution in [0.1, 0.15) is 31.7 Å². The monoisotopic (exact) mass is 281 g/mol. The van der Waals surface area contributed by atoms with Crippen molar-refractivity contribution in [3.8, 4) is 0 Å². The predicted molar refractivity (Wildman–Crippen MR) is 78.8 cm³/mol. The highest BCUT2D eigenvalue weighted by Crippen LogP contribution is 2.20. The predicted octanol–water partition coefficient (Wildman–Crippen LogP) is 2.48. The van der Waals surface area contributed by atoms with Crippen LogP contribution in [0.25, 0.3) is 0 Å². The van der Waals surface area contributed by atoms with Crippen LogP contribution in [-0.4, -0.2) is 37.4 Å². The van der Waals surface area contributed by atoms with E-state index in [1.807, 2.05) is 18.2 Å². The second kappa shape index (κ2) is 6.53. The van der Waals surface area contributed by atoms with Gasteiger partial charge in [-0.1, -0.05) is 43.7 Å². The zero-order chi connectivity index (χ0) is 13.7. The second-order valence-corrected chi connectivity index (χ2v) is 7.60. The van der Waals surface area contributed by atoms with Gasteiger partial charge < -0.3 is 0 Å². The summed E-state index contributed by atoms with van der Waals surface area (Å²) in [5, 5.41) is 0. The summed E-state index contributed by atoms with van der Waals surface area (Å²) in [5.41, 5.74) is 1.27. The Bertz CT molecular complexity index is 484. The summed E-state index contributed by atoms with van der Waals surface area (Å²) < 4.78 is 23.3. The third-order valence-corrected chi connectivity index (χ3v) is 5.50. The fourth-order valence-electron chi connectivity index (χ4n) is 2.63. The Kier molecular flexibility index (Phi) is 4.99. The normalized spacial score (nSPS) is 21.9. The molecule has 0 saturated carbocycles. The number of rotatable bonds is 6. The molecule has 1 aromatic rings. The van der Waals surface area contributed by atoms with Gasteiger partial charge in [0.15, 0.2) is 9.84 Å². The van der Waals surface area contributed by atoms with E-state index in [1.54, 1.807) is 0 Å². The standard InChI is InChI=1S/C15H23NO2S/c1-2-3-10-16(12-14-7-5-4-6-8-14)15-9-11-19(17,18)13-15/h4-8,15H,2-3,9-13H2,1H3/t15-/m1/s1. The largest absolute Gasteiger partial charge is 0.295 e. The van der Waals surface area contributed by atoms with Gasteiger partial charge in [-0.25, -0.2) is 8.42 Å². The fourth-order valence-corrected chi connectivity index (χ4v) is 4.39.